The van der Waals surface area contributed by atoms with Gasteiger partial charge in [0.15, 0.2) is 9.84 Å². The zero-order valence-corrected chi connectivity index (χ0v) is 22.5. The van der Waals surface area contributed by atoms with Crippen molar-refractivity contribution in [2.75, 3.05) is 10.7 Å². The average molecular weight is 568 g/mol. The van der Waals surface area contributed by atoms with Crippen LogP contribution in [0.1, 0.15) is 48.7 Å². The van der Waals surface area contributed by atoms with Gasteiger partial charge in [-0.15, -0.1) is 0 Å². The highest BCUT2D eigenvalue weighted by atomic mass is 32.2. The summed E-state index contributed by atoms with van der Waals surface area (Å²) in [7, 11) is -4.40. The molecule has 1 saturated carbocycles. The molecular formula is C26H28F3N3O6S. The third kappa shape index (κ3) is 6.35. The van der Waals surface area contributed by atoms with Crippen LogP contribution in [0.3, 0.4) is 0 Å². The standard InChI is InChI=1S/C26H28F3N3O6S/c1-14-5-7-15(8-6-14)12-32-19-9-16(22(33)31-21-11-26(21,28)29)17(27)10-20(19)39(36,37)13-18(23(32)34)30-24(35)38-25(2,3)4/h5-10,18,21H,11-13H2,1-4H3,(H,30,35)(H,31,33)/t18-,21+/m0/s1. The second kappa shape index (κ2) is 9.85. The number of anilines is 1. The molecule has 0 bridgehead atoms. The zero-order chi connectivity index (χ0) is 28.9. The lowest BCUT2D eigenvalue weighted by atomic mass is 10.1. The molecule has 0 aromatic heterocycles. The molecule has 13 heteroatoms. The molecule has 0 radical (unpaired) electrons. The largest absolute Gasteiger partial charge is 0.444 e. The first-order valence-corrected chi connectivity index (χ1v) is 13.7. The van der Waals surface area contributed by atoms with Gasteiger partial charge >= 0.3 is 6.09 Å². The summed E-state index contributed by atoms with van der Waals surface area (Å²) in [6.45, 7) is 6.42. The number of fused-ring (bicyclic) bond motifs is 1. The number of hydrogen-bond acceptors (Lipinski definition) is 6. The second-order valence-electron chi connectivity index (χ2n) is 10.7. The first kappa shape index (κ1) is 28.4. The molecule has 2 N–H and O–H groups in total. The van der Waals surface area contributed by atoms with Gasteiger partial charge in [0.05, 0.1) is 34.5 Å². The predicted molar refractivity (Wildman–Crippen MR) is 135 cm³/mol. The van der Waals surface area contributed by atoms with E-state index in [1.165, 1.54) is 0 Å². The van der Waals surface area contributed by atoms with Crippen LogP contribution in [-0.2, 0) is 25.9 Å². The highest BCUT2D eigenvalue weighted by Crippen LogP contribution is 2.42. The number of nitrogens with one attached hydrogen (secondary N) is 2. The van der Waals surface area contributed by atoms with Crippen LogP contribution in [0, 0.1) is 12.7 Å². The summed E-state index contributed by atoms with van der Waals surface area (Å²) in [5.41, 5.74) is -0.463. The van der Waals surface area contributed by atoms with E-state index in [9.17, 15) is 31.6 Å². The minimum atomic E-state index is -4.40. The number of hydrogen-bond donors (Lipinski definition) is 2. The maximum absolute atomic E-state index is 15.1. The minimum absolute atomic E-state index is 0.193. The first-order valence-electron chi connectivity index (χ1n) is 12.1. The van der Waals surface area contributed by atoms with E-state index in [0.29, 0.717) is 11.6 Å². The maximum Gasteiger partial charge on any atom is 0.408 e. The number of benzene rings is 2. The molecule has 1 aliphatic heterocycles. The van der Waals surface area contributed by atoms with Gasteiger partial charge in [-0.25, -0.2) is 26.4 Å². The van der Waals surface area contributed by atoms with Crippen molar-refractivity contribution < 1.29 is 40.7 Å². The van der Waals surface area contributed by atoms with Gasteiger partial charge in [0.1, 0.15) is 17.5 Å². The molecule has 1 fully saturated rings. The van der Waals surface area contributed by atoms with E-state index < -0.39 is 79.8 Å². The van der Waals surface area contributed by atoms with Crippen LogP contribution >= 0.6 is 0 Å². The van der Waals surface area contributed by atoms with Crippen LogP contribution in [0.15, 0.2) is 41.3 Å². The summed E-state index contributed by atoms with van der Waals surface area (Å²) in [4.78, 5) is 39.3. The van der Waals surface area contributed by atoms with Crippen LogP contribution < -0.4 is 15.5 Å². The zero-order valence-electron chi connectivity index (χ0n) is 21.7. The smallest absolute Gasteiger partial charge is 0.408 e. The van der Waals surface area contributed by atoms with E-state index >= 15 is 4.39 Å². The number of sulfone groups is 1. The summed E-state index contributed by atoms with van der Waals surface area (Å²) in [5.74, 6) is -7.31. The van der Waals surface area contributed by atoms with E-state index in [-0.39, 0.29) is 12.2 Å². The first-order chi connectivity index (χ1) is 18.0. The lowest BCUT2D eigenvalue weighted by Gasteiger charge is -2.27. The number of amides is 3. The van der Waals surface area contributed by atoms with Crippen molar-refractivity contribution in [1.29, 1.82) is 0 Å². The quantitative estimate of drug-likeness (QED) is 0.571. The second-order valence-corrected chi connectivity index (χ2v) is 12.7. The van der Waals surface area contributed by atoms with Gasteiger partial charge in [0.2, 0.25) is 0 Å². The van der Waals surface area contributed by atoms with Crippen LogP contribution in [0.4, 0.5) is 23.7 Å². The number of carbonyl (C=O) groups is 3. The molecule has 0 saturated heterocycles. The molecular weight excluding hydrogens is 539 g/mol. The molecule has 210 valence electrons. The fraction of sp³-hybridized carbons (Fsp3) is 0.423. The molecule has 9 nitrogen and oxygen atoms in total. The molecule has 1 heterocycles. The lowest BCUT2D eigenvalue weighted by molar-refractivity contribution is -0.120. The van der Waals surface area contributed by atoms with Gasteiger partial charge < -0.3 is 20.3 Å². The van der Waals surface area contributed by atoms with Crippen molar-refractivity contribution in [1.82, 2.24) is 10.6 Å². The number of aryl methyl sites for hydroxylation is 1. The molecule has 0 spiro atoms. The molecule has 1 aliphatic carbocycles. The Balaban J connectivity index is 1.78. The lowest BCUT2D eigenvalue weighted by Crippen LogP contribution is -2.51. The summed E-state index contributed by atoms with van der Waals surface area (Å²) >= 11 is 0. The van der Waals surface area contributed by atoms with Crippen LogP contribution in [0.25, 0.3) is 0 Å². The Labute approximate surface area is 223 Å². The third-order valence-electron chi connectivity index (χ3n) is 6.15. The molecule has 2 atom stereocenters. The van der Waals surface area contributed by atoms with Gasteiger partial charge in [-0.05, 0) is 45.4 Å². The van der Waals surface area contributed by atoms with Gasteiger partial charge in [-0.3, -0.25) is 9.59 Å². The highest BCUT2D eigenvalue weighted by Gasteiger charge is 2.58. The van der Waals surface area contributed by atoms with E-state index in [1.54, 1.807) is 45.0 Å². The van der Waals surface area contributed by atoms with Crippen molar-refractivity contribution in [3.63, 3.8) is 0 Å². The topological polar surface area (TPSA) is 122 Å². The third-order valence-corrected chi connectivity index (χ3v) is 7.92. The van der Waals surface area contributed by atoms with E-state index in [0.717, 1.165) is 16.5 Å². The number of halogens is 3. The summed E-state index contributed by atoms with van der Waals surface area (Å²) in [6.07, 6.45) is -1.63. The monoisotopic (exact) mass is 567 g/mol. The van der Waals surface area contributed by atoms with Gasteiger partial charge in [-0.1, -0.05) is 29.8 Å². The van der Waals surface area contributed by atoms with Crippen LogP contribution in [0.5, 0.6) is 0 Å². The number of alkyl halides is 2. The van der Waals surface area contributed by atoms with Crippen molar-refractivity contribution in [2.45, 2.75) is 69.2 Å². The number of rotatable bonds is 5. The molecule has 2 aromatic rings. The summed E-state index contributed by atoms with van der Waals surface area (Å²) in [5, 5.41) is 4.32. The Morgan fingerprint density at radius 3 is 2.31 bits per heavy atom. The highest BCUT2D eigenvalue weighted by molar-refractivity contribution is 7.91. The Morgan fingerprint density at radius 1 is 1.13 bits per heavy atom. The number of ether oxygens (including phenoxy) is 1. The van der Waals surface area contributed by atoms with E-state index in [1.807, 2.05) is 12.2 Å². The molecule has 39 heavy (non-hydrogen) atoms. The number of alkyl carbamates (subject to hydrolysis) is 1. The maximum atomic E-state index is 15.1. The Morgan fingerprint density at radius 2 is 1.74 bits per heavy atom. The molecule has 0 unspecified atom stereocenters. The minimum Gasteiger partial charge on any atom is -0.444 e. The average Bonchev–Trinajstić information content (AvgIpc) is 3.42. The Kier molecular flexibility index (Phi) is 7.17. The fourth-order valence-electron chi connectivity index (χ4n) is 4.06. The predicted octanol–water partition coefficient (Wildman–Crippen LogP) is 3.49. The number of carbonyl (C=O) groups excluding carboxylic acids is 3. The molecule has 3 amide bonds. The van der Waals surface area contributed by atoms with Gasteiger partial charge in [-0.2, -0.15) is 0 Å². The van der Waals surface area contributed by atoms with Crippen molar-refractivity contribution in [3.8, 4) is 0 Å². The summed E-state index contributed by atoms with van der Waals surface area (Å²) < 4.78 is 73.6. The normalized spacial score (nSPS) is 21.4. The number of nitrogens with zero attached hydrogens (tertiary/aromatic N) is 1. The Bertz CT molecular complexity index is 1440. The van der Waals surface area contributed by atoms with Crippen molar-refractivity contribution >= 4 is 33.4 Å². The molecule has 2 aromatic carbocycles. The molecule has 2 aliphatic rings. The van der Waals surface area contributed by atoms with Crippen molar-refractivity contribution in [3.05, 3.63) is 58.9 Å². The van der Waals surface area contributed by atoms with Crippen molar-refractivity contribution in [2.24, 2.45) is 0 Å². The molecule has 4 rings (SSSR count). The fourth-order valence-corrected chi connectivity index (χ4v) is 5.68. The van der Waals surface area contributed by atoms with E-state index in [2.05, 4.69) is 5.32 Å². The van der Waals surface area contributed by atoms with Gasteiger partial charge in [0.25, 0.3) is 17.7 Å². The van der Waals surface area contributed by atoms with Crippen LogP contribution in [0.2, 0.25) is 0 Å². The Hall–Kier alpha value is -3.61. The van der Waals surface area contributed by atoms with E-state index in [4.69, 9.17) is 4.74 Å². The van der Waals surface area contributed by atoms with Gasteiger partial charge in [0, 0.05) is 6.42 Å². The SMILES string of the molecule is Cc1ccc(CN2C(=O)[C@@H](NC(=O)OC(C)(C)C)CS(=O)(=O)c3cc(F)c(C(=O)N[C@@H]4CC4(F)F)cc32)cc1. The summed E-state index contributed by atoms with van der Waals surface area (Å²) in [6, 6.07) is 5.31. The van der Waals surface area contributed by atoms with Crippen LogP contribution in [-0.4, -0.2) is 55.7 Å².